The van der Waals surface area contributed by atoms with E-state index in [-0.39, 0.29) is 23.1 Å². The number of amides is 1. The van der Waals surface area contributed by atoms with Gasteiger partial charge in [-0.25, -0.2) is 17.5 Å². The number of benzene rings is 1. The number of nitrogens with one attached hydrogen (secondary N) is 1. The van der Waals surface area contributed by atoms with E-state index in [1.807, 2.05) is 6.92 Å². The Morgan fingerprint density at radius 1 is 1.27 bits per heavy atom. The monoisotopic (exact) mass is 382 g/mol. The molecule has 0 bridgehead atoms. The van der Waals surface area contributed by atoms with Gasteiger partial charge in [0.1, 0.15) is 0 Å². The van der Waals surface area contributed by atoms with Crippen LogP contribution >= 0.6 is 0 Å². The maximum Gasteiger partial charge on any atom is 0.335 e. The number of carboxylic acid groups (broad SMARTS) is 1. The summed E-state index contributed by atoms with van der Waals surface area (Å²) < 4.78 is 25.9. The van der Waals surface area contributed by atoms with Gasteiger partial charge in [0.25, 0.3) is 0 Å². The van der Waals surface area contributed by atoms with Crippen LogP contribution in [0.5, 0.6) is 0 Å². The molecule has 1 aromatic carbocycles. The smallest absolute Gasteiger partial charge is 0.335 e. The SMILES string of the molecule is CCCCS(=O)(=O)N1CCC(C(=O)Nc2ccc(C(=O)O)c(C)c2)CC1. The highest BCUT2D eigenvalue weighted by molar-refractivity contribution is 7.89. The molecule has 144 valence electrons. The highest BCUT2D eigenvalue weighted by atomic mass is 32.2. The Morgan fingerprint density at radius 2 is 1.92 bits per heavy atom. The zero-order valence-electron chi connectivity index (χ0n) is 15.2. The van der Waals surface area contributed by atoms with Crippen molar-refractivity contribution in [2.24, 2.45) is 5.92 Å². The van der Waals surface area contributed by atoms with Crippen molar-refractivity contribution in [1.29, 1.82) is 0 Å². The second-order valence-electron chi connectivity index (χ2n) is 6.67. The van der Waals surface area contributed by atoms with Gasteiger partial charge in [0, 0.05) is 24.7 Å². The summed E-state index contributed by atoms with van der Waals surface area (Å²) in [6.45, 7) is 4.36. The number of carbonyl (C=O) groups excluding carboxylic acids is 1. The molecule has 0 unspecified atom stereocenters. The van der Waals surface area contributed by atoms with Gasteiger partial charge in [-0.15, -0.1) is 0 Å². The second kappa shape index (κ2) is 8.64. The number of piperidine rings is 1. The zero-order valence-corrected chi connectivity index (χ0v) is 16.0. The predicted molar refractivity (Wildman–Crippen MR) is 99.8 cm³/mol. The highest BCUT2D eigenvalue weighted by Crippen LogP contribution is 2.23. The van der Waals surface area contributed by atoms with Gasteiger partial charge in [0.15, 0.2) is 0 Å². The van der Waals surface area contributed by atoms with Crippen LogP contribution in [0.2, 0.25) is 0 Å². The van der Waals surface area contributed by atoms with Gasteiger partial charge in [0.05, 0.1) is 11.3 Å². The lowest BCUT2D eigenvalue weighted by Gasteiger charge is -2.30. The Kier molecular flexibility index (Phi) is 6.77. The van der Waals surface area contributed by atoms with E-state index in [4.69, 9.17) is 5.11 Å². The third-order valence-corrected chi connectivity index (χ3v) is 6.65. The molecule has 1 amide bonds. The van der Waals surface area contributed by atoms with Crippen molar-refractivity contribution in [2.45, 2.75) is 39.5 Å². The van der Waals surface area contributed by atoms with Crippen LogP contribution < -0.4 is 5.32 Å². The minimum absolute atomic E-state index is 0.155. The number of aromatic carboxylic acids is 1. The molecule has 1 heterocycles. The molecule has 0 saturated carbocycles. The van der Waals surface area contributed by atoms with Crippen LogP contribution in [0.1, 0.15) is 48.5 Å². The molecule has 0 atom stereocenters. The van der Waals surface area contributed by atoms with Crippen molar-refractivity contribution >= 4 is 27.6 Å². The fourth-order valence-electron chi connectivity index (χ4n) is 3.08. The van der Waals surface area contributed by atoms with Crippen molar-refractivity contribution in [3.05, 3.63) is 29.3 Å². The molecule has 1 aliphatic heterocycles. The summed E-state index contributed by atoms with van der Waals surface area (Å²) in [6.07, 6.45) is 2.46. The standard InChI is InChI=1S/C18H26N2O5S/c1-3-4-11-26(24,25)20-9-7-14(8-10-20)17(21)19-15-5-6-16(18(22)23)13(2)12-15/h5-6,12,14H,3-4,7-11H2,1-2H3,(H,19,21)(H,22,23). The number of aryl methyl sites for hydroxylation is 1. The van der Waals surface area contributed by atoms with Gasteiger partial charge in [-0.05, 0) is 49.9 Å². The Morgan fingerprint density at radius 3 is 2.46 bits per heavy atom. The summed E-state index contributed by atoms with van der Waals surface area (Å²) in [4.78, 5) is 23.5. The fraction of sp³-hybridized carbons (Fsp3) is 0.556. The van der Waals surface area contributed by atoms with Crippen molar-refractivity contribution in [3.8, 4) is 0 Å². The van der Waals surface area contributed by atoms with Gasteiger partial charge < -0.3 is 10.4 Å². The first-order chi connectivity index (χ1) is 12.2. The van der Waals surface area contributed by atoms with Crippen molar-refractivity contribution < 1.29 is 23.1 Å². The molecule has 1 saturated heterocycles. The maximum atomic E-state index is 12.4. The number of anilines is 1. The topological polar surface area (TPSA) is 104 Å². The number of unbranched alkanes of at least 4 members (excludes halogenated alkanes) is 1. The zero-order chi connectivity index (χ0) is 19.3. The Balaban J connectivity index is 1.92. The molecule has 0 spiro atoms. The first-order valence-electron chi connectivity index (χ1n) is 8.87. The second-order valence-corrected chi connectivity index (χ2v) is 8.76. The van der Waals surface area contributed by atoms with E-state index in [0.717, 1.165) is 6.42 Å². The molecule has 8 heteroatoms. The third kappa shape index (κ3) is 5.04. The summed E-state index contributed by atoms with van der Waals surface area (Å²) in [5.74, 6) is -1.24. The van der Waals surface area contributed by atoms with E-state index in [1.54, 1.807) is 19.1 Å². The largest absolute Gasteiger partial charge is 0.478 e. The Labute approximate surface area is 154 Å². The number of hydrogen-bond acceptors (Lipinski definition) is 4. The molecule has 26 heavy (non-hydrogen) atoms. The molecule has 0 radical (unpaired) electrons. The van der Waals surface area contributed by atoms with E-state index in [1.165, 1.54) is 10.4 Å². The van der Waals surface area contributed by atoms with E-state index >= 15 is 0 Å². The van der Waals surface area contributed by atoms with Crippen LogP contribution in [0.25, 0.3) is 0 Å². The molecule has 0 aliphatic carbocycles. The molecule has 7 nitrogen and oxygen atoms in total. The van der Waals surface area contributed by atoms with Crippen molar-refractivity contribution in [1.82, 2.24) is 4.31 Å². The van der Waals surface area contributed by atoms with Crippen LogP contribution in [0, 0.1) is 12.8 Å². The summed E-state index contributed by atoms with van der Waals surface area (Å²) >= 11 is 0. The number of sulfonamides is 1. The molecule has 2 N–H and O–H groups in total. The van der Waals surface area contributed by atoms with E-state index in [2.05, 4.69) is 5.32 Å². The third-order valence-electron chi connectivity index (χ3n) is 4.70. The number of carboxylic acids is 1. The molecular formula is C18H26N2O5S. The van der Waals surface area contributed by atoms with Crippen molar-refractivity contribution in [2.75, 3.05) is 24.2 Å². The highest BCUT2D eigenvalue weighted by Gasteiger charge is 2.30. The lowest BCUT2D eigenvalue weighted by Crippen LogP contribution is -2.42. The van der Waals surface area contributed by atoms with Gasteiger partial charge in [-0.2, -0.15) is 0 Å². The number of hydrogen-bond donors (Lipinski definition) is 2. The normalized spacial score (nSPS) is 16.4. The summed E-state index contributed by atoms with van der Waals surface area (Å²) in [6, 6.07) is 4.67. The quantitative estimate of drug-likeness (QED) is 0.754. The molecule has 1 fully saturated rings. The van der Waals surface area contributed by atoms with Crippen LogP contribution in [-0.4, -0.2) is 48.5 Å². The Bertz CT molecular complexity index is 768. The van der Waals surface area contributed by atoms with Crippen LogP contribution in [0.4, 0.5) is 5.69 Å². The average molecular weight is 382 g/mol. The molecule has 0 aromatic heterocycles. The van der Waals surface area contributed by atoms with E-state index in [0.29, 0.717) is 43.6 Å². The van der Waals surface area contributed by atoms with Crippen molar-refractivity contribution in [3.63, 3.8) is 0 Å². The lowest BCUT2D eigenvalue weighted by atomic mass is 9.97. The molecule has 1 aromatic rings. The lowest BCUT2D eigenvalue weighted by molar-refractivity contribution is -0.120. The van der Waals surface area contributed by atoms with Gasteiger partial charge in [0.2, 0.25) is 15.9 Å². The maximum absolute atomic E-state index is 12.4. The summed E-state index contributed by atoms with van der Waals surface area (Å²) in [5, 5.41) is 11.9. The van der Waals surface area contributed by atoms with Gasteiger partial charge >= 0.3 is 5.97 Å². The van der Waals surface area contributed by atoms with E-state index in [9.17, 15) is 18.0 Å². The van der Waals surface area contributed by atoms with Crippen LogP contribution in [-0.2, 0) is 14.8 Å². The summed E-state index contributed by atoms with van der Waals surface area (Å²) in [5.41, 5.74) is 1.33. The first-order valence-corrected chi connectivity index (χ1v) is 10.5. The van der Waals surface area contributed by atoms with Crippen LogP contribution in [0.3, 0.4) is 0 Å². The minimum Gasteiger partial charge on any atom is -0.478 e. The number of rotatable bonds is 7. The predicted octanol–water partition coefficient (Wildman–Crippen LogP) is 2.47. The van der Waals surface area contributed by atoms with Gasteiger partial charge in [-0.3, -0.25) is 4.79 Å². The Hall–Kier alpha value is -1.93. The first kappa shape index (κ1) is 20.4. The molecular weight excluding hydrogens is 356 g/mol. The average Bonchev–Trinajstić information content (AvgIpc) is 2.60. The molecule has 2 rings (SSSR count). The minimum atomic E-state index is -3.23. The number of carbonyl (C=O) groups is 2. The van der Waals surface area contributed by atoms with Gasteiger partial charge in [-0.1, -0.05) is 13.3 Å². The summed E-state index contributed by atoms with van der Waals surface area (Å²) in [7, 11) is -3.23. The molecule has 1 aliphatic rings. The van der Waals surface area contributed by atoms with Crippen LogP contribution in [0.15, 0.2) is 18.2 Å². The van der Waals surface area contributed by atoms with E-state index < -0.39 is 16.0 Å². The fourth-order valence-corrected chi connectivity index (χ4v) is 4.76. The number of nitrogens with zero attached hydrogens (tertiary/aromatic N) is 1.